The fraction of sp³-hybridized carbons (Fsp3) is 0.0667. The first-order valence-corrected chi connectivity index (χ1v) is 6.77. The van der Waals surface area contributed by atoms with Gasteiger partial charge in [0.1, 0.15) is 0 Å². The summed E-state index contributed by atoms with van der Waals surface area (Å²) in [7, 11) is 0. The van der Waals surface area contributed by atoms with Gasteiger partial charge in [0.2, 0.25) is 0 Å². The van der Waals surface area contributed by atoms with Crippen molar-refractivity contribution < 1.29 is 18.0 Å². The van der Waals surface area contributed by atoms with Crippen LogP contribution < -0.4 is 5.32 Å². The van der Waals surface area contributed by atoms with Crippen LogP contribution in [0.4, 0.5) is 18.9 Å². The maximum atomic E-state index is 13.6. The zero-order chi connectivity index (χ0) is 17.3. The van der Waals surface area contributed by atoms with Gasteiger partial charge in [0.05, 0.1) is 11.4 Å². The number of anilines is 1. The van der Waals surface area contributed by atoms with Gasteiger partial charge in [-0.15, -0.1) is 15.0 Å². The third-order valence-corrected chi connectivity index (χ3v) is 3.16. The molecule has 1 N–H and O–H groups in total. The largest absolute Gasteiger partial charge is 0.316 e. The summed E-state index contributed by atoms with van der Waals surface area (Å²) in [6, 6.07) is 8.71. The Kier molecular flexibility index (Phi) is 3.98. The molecule has 24 heavy (non-hydrogen) atoms. The van der Waals surface area contributed by atoms with Gasteiger partial charge >= 0.3 is 0 Å². The number of carbonyl (C=O) groups excluding carboxylic acids is 1. The maximum absolute atomic E-state index is 13.6. The van der Waals surface area contributed by atoms with E-state index in [9.17, 15) is 18.0 Å². The summed E-state index contributed by atoms with van der Waals surface area (Å²) >= 11 is 0. The molecule has 0 aliphatic carbocycles. The van der Waals surface area contributed by atoms with Crippen LogP contribution in [0.3, 0.4) is 0 Å². The molecular weight excluding hydrogens is 323 g/mol. The molecule has 122 valence electrons. The van der Waals surface area contributed by atoms with Gasteiger partial charge in [-0.1, -0.05) is 17.7 Å². The molecule has 0 saturated carbocycles. The number of aromatic nitrogens is 4. The summed E-state index contributed by atoms with van der Waals surface area (Å²) in [5.41, 5.74) is 1.09. The maximum Gasteiger partial charge on any atom is 0.297 e. The minimum atomic E-state index is -1.68. The van der Waals surface area contributed by atoms with E-state index in [-0.39, 0.29) is 5.82 Å². The molecule has 1 aromatic heterocycles. The summed E-state index contributed by atoms with van der Waals surface area (Å²) in [5, 5.41) is 13.2. The van der Waals surface area contributed by atoms with Crippen LogP contribution in [0.15, 0.2) is 36.4 Å². The lowest BCUT2D eigenvalue weighted by Gasteiger charge is -2.04. The van der Waals surface area contributed by atoms with Gasteiger partial charge in [0, 0.05) is 0 Å². The molecular formula is C15H10F3N5O. The second-order valence-corrected chi connectivity index (χ2v) is 4.92. The monoisotopic (exact) mass is 333 g/mol. The molecule has 0 spiro atoms. The first kappa shape index (κ1) is 15.7. The molecule has 3 aromatic rings. The number of hydrogen-bond donors (Lipinski definition) is 1. The van der Waals surface area contributed by atoms with Gasteiger partial charge in [-0.05, 0) is 36.4 Å². The number of halogens is 3. The van der Waals surface area contributed by atoms with Crippen LogP contribution in [-0.4, -0.2) is 26.1 Å². The number of amides is 1. The summed E-state index contributed by atoms with van der Waals surface area (Å²) in [6.45, 7) is 1.91. The van der Waals surface area contributed by atoms with E-state index in [0.717, 1.165) is 16.4 Å². The predicted molar refractivity (Wildman–Crippen MR) is 78.2 cm³/mol. The van der Waals surface area contributed by atoms with E-state index in [4.69, 9.17) is 0 Å². The molecule has 0 atom stereocenters. The Bertz CT molecular complexity index is 908. The van der Waals surface area contributed by atoms with E-state index < -0.39 is 29.0 Å². The minimum absolute atomic E-state index is 0.347. The van der Waals surface area contributed by atoms with Crippen LogP contribution >= 0.6 is 0 Å². The number of rotatable bonds is 3. The fourth-order valence-corrected chi connectivity index (χ4v) is 1.89. The van der Waals surface area contributed by atoms with Gasteiger partial charge in [-0.2, -0.15) is 0 Å². The van der Waals surface area contributed by atoms with Crippen LogP contribution in [0.1, 0.15) is 16.2 Å². The molecule has 0 unspecified atom stereocenters. The number of carbonyl (C=O) groups is 1. The summed E-state index contributed by atoms with van der Waals surface area (Å²) < 4.78 is 39.6. The van der Waals surface area contributed by atoms with E-state index in [2.05, 4.69) is 20.7 Å². The number of nitrogens with one attached hydrogen (secondary N) is 1. The van der Waals surface area contributed by atoms with Crippen LogP contribution in [0, 0.1) is 24.4 Å². The Morgan fingerprint density at radius 2 is 1.75 bits per heavy atom. The lowest BCUT2D eigenvalue weighted by atomic mass is 10.2. The Hall–Kier alpha value is -3.23. The molecule has 0 radical (unpaired) electrons. The standard InChI is InChI=1S/C15H10F3N5O/c1-8-2-4-9(5-3-8)23-21-14(20-22-23)15(24)19-11-7-6-10(16)12(17)13(11)18/h2-7H,1H3,(H,19,24). The quantitative estimate of drug-likeness (QED) is 0.748. The molecule has 0 fully saturated rings. The van der Waals surface area contributed by atoms with Gasteiger partial charge < -0.3 is 5.32 Å². The minimum Gasteiger partial charge on any atom is -0.316 e. The molecule has 0 aliphatic rings. The summed E-state index contributed by atoms with van der Waals surface area (Å²) in [4.78, 5) is 13.1. The van der Waals surface area contributed by atoms with Crippen molar-refractivity contribution in [2.75, 3.05) is 5.32 Å². The lowest BCUT2D eigenvalue weighted by molar-refractivity contribution is 0.101. The van der Waals surface area contributed by atoms with Crippen LogP contribution in [0.5, 0.6) is 0 Å². The molecule has 3 rings (SSSR count). The molecule has 6 nitrogen and oxygen atoms in total. The second kappa shape index (κ2) is 6.11. The normalized spacial score (nSPS) is 10.7. The zero-order valence-electron chi connectivity index (χ0n) is 12.3. The van der Waals surface area contributed by atoms with Crippen molar-refractivity contribution in [1.29, 1.82) is 0 Å². The van der Waals surface area contributed by atoms with Crippen molar-refractivity contribution >= 4 is 11.6 Å². The van der Waals surface area contributed by atoms with Crippen LogP contribution in [-0.2, 0) is 0 Å². The zero-order valence-corrected chi connectivity index (χ0v) is 12.3. The molecule has 0 aliphatic heterocycles. The van der Waals surface area contributed by atoms with Crippen molar-refractivity contribution in [3.63, 3.8) is 0 Å². The highest BCUT2D eigenvalue weighted by atomic mass is 19.2. The highest BCUT2D eigenvalue weighted by molar-refractivity contribution is 6.01. The smallest absolute Gasteiger partial charge is 0.297 e. The number of tetrazole rings is 1. The second-order valence-electron chi connectivity index (χ2n) is 4.92. The first-order valence-electron chi connectivity index (χ1n) is 6.77. The van der Waals surface area contributed by atoms with Gasteiger partial charge in [-0.25, -0.2) is 13.2 Å². The average molecular weight is 333 g/mol. The van der Waals surface area contributed by atoms with Crippen molar-refractivity contribution in [2.24, 2.45) is 0 Å². The van der Waals surface area contributed by atoms with Crippen molar-refractivity contribution in [2.45, 2.75) is 6.92 Å². The SMILES string of the molecule is Cc1ccc(-n2nnc(C(=O)Nc3ccc(F)c(F)c3F)n2)cc1. The number of nitrogens with zero attached hydrogens (tertiary/aromatic N) is 4. The first-order chi connectivity index (χ1) is 11.5. The topological polar surface area (TPSA) is 72.7 Å². The fourth-order valence-electron chi connectivity index (χ4n) is 1.89. The Labute approximate surface area is 133 Å². The summed E-state index contributed by atoms with van der Waals surface area (Å²) in [5.74, 6) is -5.79. The van der Waals surface area contributed by atoms with E-state index in [1.54, 1.807) is 12.1 Å². The molecule has 1 heterocycles. The van der Waals surface area contributed by atoms with E-state index in [1.807, 2.05) is 19.1 Å². The van der Waals surface area contributed by atoms with E-state index >= 15 is 0 Å². The average Bonchev–Trinajstić information content (AvgIpc) is 3.06. The third-order valence-electron chi connectivity index (χ3n) is 3.16. The van der Waals surface area contributed by atoms with Crippen LogP contribution in [0.25, 0.3) is 5.69 Å². The molecule has 1 amide bonds. The van der Waals surface area contributed by atoms with Crippen molar-refractivity contribution in [1.82, 2.24) is 20.2 Å². The Morgan fingerprint density at radius 3 is 2.46 bits per heavy atom. The van der Waals surface area contributed by atoms with Crippen molar-refractivity contribution in [3.8, 4) is 5.69 Å². The predicted octanol–water partition coefficient (Wildman–Crippen LogP) is 2.64. The molecule has 2 aromatic carbocycles. The molecule has 0 saturated heterocycles. The van der Waals surface area contributed by atoms with E-state index in [0.29, 0.717) is 11.8 Å². The highest BCUT2D eigenvalue weighted by Gasteiger charge is 2.19. The Balaban J connectivity index is 1.82. The van der Waals surface area contributed by atoms with Gasteiger partial charge in [-0.3, -0.25) is 4.79 Å². The highest BCUT2D eigenvalue weighted by Crippen LogP contribution is 2.20. The molecule has 0 bridgehead atoms. The van der Waals surface area contributed by atoms with E-state index in [1.165, 1.54) is 0 Å². The van der Waals surface area contributed by atoms with Gasteiger partial charge in [0.25, 0.3) is 11.7 Å². The number of benzene rings is 2. The third kappa shape index (κ3) is 2.96. The number of hydrogen-bond acceptors (Lipinski definition) is 4. The van der Waals surface area contributed by atoms with Crippen molar-refractivity contribution in [3.05, 3.63) is 65.2 Å². The van der Waals surface area contributed by atoms with Crippen LogP contribution in [0.2, 0.25) is 0 Å². The number of aryl methyl sites for hydroxylation is 1. The summed E-state index contributed by atoms with van der Waals surface area (Å²) in [6.07, 6.45) is 0. The molecule has 9 heteroatoms. The lowest BCUT2D eigenvalue weighted by Crippen LogP contribution is -2.16. The Morgan fingerprint density at radius 1 is 1.04 bits per heavy atom. The van der Waals surface area contributed by atoms with Gasteiger partial charge in [0.15, 0.2) is 17.5 Å².